The number of carbonyl (C=O) groups excluding carboxylic acids is 1. The van der Waals surface area contributed by atoms with E-state index in [-0.39, 0.29) is 11.3 Å². The van der Waals surface area contributed by atoms with Crippen molar-refractivity contribution in [1.82, 2.24) is 9.78 Å². The van der Waals surface area contributed by atoms with Gasteiger partial charge in [0.1, 0.15) is 5.82 Å². The lowest BCUT2D eigenvalue weighted by molar-refractivity contribution is 0.102. The molecule has 0 atom stereocenters. The van der Waals surface area contributed by atoms with Crippen molar-refractivity contribution in [2.75, 3.05) is 5.32 Å². The molecule has 3 aromatic rings. The summed E-state index contributed by atoms with van der Waals surface area (Å²) in [6, 6.07) is 17.6. The van der Waals surface area contributed by atoms with Crippen LogP contribution in [0.15, 0.2) is 54.6 Å². The van der Waals surface area contributed by atoms with Crippen molar-refractivity contribution in [2.45, 2.75) is 40.0 Å². The van der Waals surface area contributed by atoms with Gasteiger partial charge in [0, 0.05) is 17.0 Å². The average Bonchev–Trinajstić information content (AvgIpc) is 2.99. The average molecular weight is 347 g/mol. The number of benzene rings is 2. The highest BCUT2D eigenvalue weighted by Gasteiger charge is 2.22. The van der Waals surface area contributed by atoms with E-state index in [4.69, 9.17) is 5.10 Å². The lowest BCUT2D eigenvalue weighted by Gasteiger charge is -2.14. The van der Waals surface area contributed by atoms with Gasteiger partial charge in [0.15, 0.2) is 0 Å². The maximum absolute atomic E-state index is 12.8. The standard InChI is InChI=1S/C22H25N3O/c1-15-10-6-8-12-17(15)21(26)23-20-14-19(22(3,4)5)24-25(20)18-13-9-7-11-16(18)2/h6-14H,1-5H3,(H,23,26). The van der Waals surface area contributed by atoms with Crippen molar-refractivity contribution in [2.24, 2.45) is 0 Å². The van der Waals surface area contributed by atoms with E-state index in [1.165, 1.54) is 0 Å². The largest absolute Gasteiger partial charge is 0.306 e. The van der Waals surface area contributed by atoms with E-state index in [0.29, 0.717) is 11.4 Å². The van der Waals surface area contributed by atoms with Gasteiger partial charge in [-0.3, -0.25) is 4.79 Å². The van der Waals surface area contributed by atoms with Gasteiger partial charge in [-0.05, 0) is 37.1 Å². The zero-order chi connectivity index (χ0) is 18.9. The van der Waals surface area contributed by atoms with Crippen molar-refractivity contribution in [3.05, 3.63) is 77.0 Å². The van der Waals surface area contributed by atoms with Gasteiger partial charge in [-0.1, -0.05) is 57.2 Å². The Labute approximate surface area is 154 Å². The number of carbonyl (C=O) groups is 1. The first-order valence-corrected chi connectivity index (χ1v) is 8.81. The molecular formula is C22H25N3O. The molecule has 26 heavy (non-hydrogen) atoms. The van der Waals surface area contributed by atoms with Crippen molar-refractivity contribution in [3.63, 3.8) is 0 Å². The van der Waals surface area contributed by atoms with Gasteiger partial charge in [-0.25, -0.2) is 4.68 Å². The van der Waals surface area contributed by atoms with Crippen LogP contribution in [0.4, 0.5) is 5.82 Å². The molecular weight excluding hydrogens is 322 g/mol. The number of hydrogen-bond acceptors (Lipinski definition) is 2. The number of nitrogens with zero attached hydrogens (tertiary/aromatic N) is 2. The van der Waals surface area contributed by atoms with E-state index in [0.717, 1.165) is 22.5 Å². The number of anilines is 1. The second-order valence-corrected chi connectivity index (χ2v) is 7.63. The maximum atomic E-state index is 12.8. The SMILES string of the molecule is Cc1ccccc1C(=O)Nc1cc(C(C)(C)C)nn1-c1ccccc1C. The first-order valence-electron chi connectivity index (χ1n) is 8.81. The summed E-state index contributed by atoms with van der Waals surface area (Å²) in [6.45, 7) is 10.3. The van der Waals surface area contributed by atoms with E-state index < -0.39 is 0 Å². The maximum Gasteiger partial charge on any atom is 0.257 e. The summed E-state index contributed by atoms with van der Waals surface area (Å²) >= 11 is 0. The van der Waals surface area contributed by atoms with Gasteiger partial charge in [0.05, 0.1) is 11.4 Å². The molecule has 0 radical (unpaired) electrons. The van der Waals surface area contributed by atoms with Crippen molar-refractivity contribution in [1.29, 1.82) is 0 Å². The van der Waals surface area contributed by atoms with Crippen molar-refractivity contribution >= 4 is 11.7 Å². The number of rotatable bonds is 3. The molecule has 0 bridgehead atoms. The summed E-state index contributed by atoms with van der Waals surface area (Å²) in [5.41, 5.74) is 4.49. The summed E-state index contributed by atoms with van der Waals surface area (Å²) in [6.07, 6.45) is 0. The molecule has 0 unspecified atom stereocenters. The van der Waals surface area contributed by atoms with Gasteiger partial charge >= 0.3 is 0 Å². The fourth-order valence-electron chi connectivity index (χ4n) is 2.83. The molecule has 0 aliphatic rings. The lowest BCUT2D eigenvalue weighted by Crippen LogP contribution is -2.16. The molecule has 0 aliphatic carbocycles. The van der Waals surface area contributed by atoms with Gasteiger partial charge in [-0.15, -0.1) is 0 Å². The van der Waals surface area contributed by atoms with Crippen LogP contribution in [0, 0.1) is 13.8 Å². The first kappa shape index (κ1) is 17.9. The van der Waals surface area contributed by atoms with Gasteiger partial charge in [0.2, 0.25) is 0 Å². The van der Waals surface area contributed by atoms with Gasteiger partial charge in [-0.2, -0.15) is 5.10 Å². The molecule has 1 N–H and O–H groups in total. The summed E-state index contributed by atoms with van der Waals surface area (Å²) in [7, 11) is 0. The minimum Gasteiger partial charge on any atom is -0.306 e. The minimum atomic E-state index is -0.127. The zero-order valence-corrected chi connectivity index (χ0v) is 16.0. The van der Waals surface area contributed by atoms with Crippen LogP contribution in [-0.2, 0) is 5.41 Å². The number of para-hydroxylation sites is 1. The van der Waals surface area contributed by atoms with Crippen LogP contribution in [0.2, 0.25) is 0 Å². The highest BCUT2D eigenvalue weighted by Crippen LogP contribution is 2.27. The van der Waals surface area contributed by atoms with Crippen molar-refractivity contribution in [3.8, 4) is 5.69 Å². The Morgan fingerprint density at radius 1 is 0.962 bits per heavy atom. The van der Waals surface area contributed by atoms with E-state index in [1.54, 1.807) is 0 Å². The Morgan fingerprint density at radius 3 is 2.19 bits per heavy atom. The van der Waals surface area contributed by atoms with E-state index in [2.05, 4.69) is 26.1 Å². The monoisotopic (exact) mass is 347 g/mol. The minimum absolute atomic E-state index is 0.115. The van der Waals surface area contributed by atoms with Crippen LogP contribution in [-0.4, -0.2) is 15.7 Å². The van der Waals surface area contributed by atoms with Crippen molar-refractivity contribution < 1.29 is 4.79 Å². The zero-order valence-electron chi connectivity index (χ0n) is 16.0. The molecule has 1 amide bonds. The Kier molecular flexibility index (Phi) is 4.68. The molecule has 4 heteroatoms. The predicted molar refractivity (Wildman–Crippen MR) is 106 cm³/mol. The second-order valence-electron chi connectivity index (χ2n) is 7.63. The molecule has 0 fully saturated rings. The highest BCUT2D eigenvalue weighted by atomic mass is 16.1. The summed E-state index contributed by atoms with van der Waals surface area (Å²) in [4.78, 5) is 12.8. The third-order valence-corrected chi connectivity index (χ3v) is 4.45. The van der Waals surface area contributed by atoms with Gasteiger partial charge < -0.3 is 5.32 Å². The molecule has 134 valence electrons. The second kappa shape index (κ2) is 6.79. The van der Waals surface area contributed by atoms with E-state index in [9.17, 15) is 4.79 Å². The Balaban J connectivity index is 2.06. The fourth-order valence-corrected chi connectivity index (χ4v) is 2.83. The van der Waals surface area contributed by atoms with E-state index in [1.807, 2.05) is 73.1 Å². The predicted octanol–water partition coefficient (Wildman–Crippen LogP) is 5.04. The quantitative estimate of drug-likeness (QED) is 0.721. The number of aromatic nitrogens is 2. The fraction of sp³-hybridized carbons (Fsp3) is 0.273. The van der Waals surface area contributed by atoms with Gasteiger partial charge in [0.25, 0.3) is 5.91 Å². The molecule has 4 nitrogen and oxygen atoms in total. The van der Waals surface area contributed by atoms with E-state index >= 15 is 0 Å². The Bertz CT molecular complexity index is 948. The molecule has 2 aromatic carbocycles. The highest BCUT2D eigenvalue weighted by molar-refractivity contribution is 6.05. The Morgan fingerprint density at radius 2 is 1.58 bits per heavy atom. The molecule has 0 saturated carbocycles. The lowest BCUT2D eigenvalue weighted by atomic mass is 9.92. The molecule has 3 rings (SSSR count). The van der Waals surface area contributed by atoms with Crippen LogP contribution >= 0.6 is 0 Å². The molecule has 0 saturated heterocycles. The first-order chi connectivity index (χ1) is 12.3. The summed E-state index contributed by atoms with van der Waals surface area (Å²) < 4.78 is 1.83. The summed E-state index contributed by atoms with van der Waals surface area (Å²) in [5.74, 6) is 0.552. The topological polar surface area (TPSA) is 46.9 Å². The smallest absolute Gasteiger partial charge is 0.257 e. The molecule has 1 heterocycles. The number of aryl methyl sites for hydroxylation is 2. The third kappa shape index (κ3) is 3.54. The van der Waals surface area contributed by atoms with Crippen LogP contribution in [0.1, 0.15) is 48.0 Å². The van der Waals surface area contributed by atoms with Crippen LogP contribution in [0.3, 0.4) is 0 Å². The number of hydrogen-bond donors (Lipinski definition) is 1. The van der Waals surface area contributed by atoms with Crippen LogP contribution in [0.25, 0.3) is 5.69 Å². The molecule has 1 aromatic heterocycles. The Hall–Kier alpha value is -2.88. The van der Waals surface area contributed by atoms with Crippen LogP contribution in [0.5, 0.6) is 0 Å². The summed E-state index contributed by atoms with van der Waals surface area (Å²) in [5, 5.41) is 7.83. The molecule has 0 spiro atoms. The third-order valence-electron chi connectivity index (χ3n) is 4.45. The normalized spacial score (nSPS) is 11.4. The number of nitrogens with one attached hydrogen (secondary N) is 1. The van der Waals surface area contributed by atoms with Crippen LogP contribution < -0.4 is 5.32 Å². The number of amides is 1. The molecule has 0 aliphatic heterocycles.